The van der Waals surface area contributed by atoms with Gasteiger partial charge >= 0.3 is 6.09 Å². The van der Waals surface area contributed by atoms with Crippen LogP contribution < -0.4 is 4.90 Å². The van der Waals surface area contributed by atoms with Crippen molar-refractivity contribution in [2.45, 2.75) is 39.2 Å². The molecule has 0 saturated carbocycles. The normalized spacial score (nSPS) is 15.6. The van der Waals surface area contributed by atoms with E-state index in [1.807, 2.05) is 45.0 Å². The molecule has 1 aliphatic heterocycles. The quantitative estimate of drug-likeness (QED) is 0.809. The summed E-state index contributed by atoms with van der Waals surface area (Å²) in [6, 6.07) is 7.55. The summed E-state index contributed by atoms with van der Waals surface area (Å²) in [6.45, 7) is 6.28. The first-order valence-corrected chi connectivity index (χ1v) is 7.50. The zero-order chi connectivity index (χ0) is 15.9. The molecule has 0 aliphatic carbocycles. The summed E-state index contributed by atoms with van der Waals surface area (Å²) in [4.78, 5) is 25.8. The van der Waals surface area contributed by atoms with Crippen molar-refractivity contribution in [2.24, 2.45) is 0 Å². The number of aromatic nitrogens is 1. The predicted molar refractivity (Wildman–Crippen MR) is 85.2 cm³/mol. The molecule has 0 N–H and O–H groups in total. The van der Waals surface area contributed by atoms with Crippen LogP contribution in [0.25, 0.3) is 10.9 Å². The number of ether oxygens (including phenoxy) is 1. The van der Waals surface area contributed by atoms with Gasteiger partial charge in [-0.15, -0.1) is 0 Å². The first-order chi connectivity index (χ1) is 10.3. The average Bonchev–Trinajstić information content (AvgIpc) is 3.01. The molecule has 5 nitrogen and oxygen atoms in total. The van der Waals surface area contributed by atoms with Gasteiger partial charge in [0.05, 0.1) is 5.52 Å². The van der Waals surface area contributed by atoms with Crippen LogP contribution in [-0.4, -0.2) is 28.7 Å². The van der Waals surface area contributed by atoms with Crippen molar-refractivity contribution in [1.29, 1.82) is 0 Å². The summed E-state index contributed by atoms with van der Waals surface area (Å²) in [5, 5.41) is 0.919. The van der Waals surface area contributed by atoms with E-state index in [-0.39, 0.29) is 5.91 Å². The van der Waals surface area contributed by atoms with Crippen molar-refractivity contribution in [3.05, 3.63) is 30.5 Å². The number of benzene rings is 1. The maximum atomic E-state index is 12.2. The number of amides is 1. The van der Waals surface area contributed by atoms with Crippen LogP contribution in [0.4, 0.5) is 10.5 Å². The number of anilines is 1. The van der Waals surface area contributed by atoms with Gasteiger partial charge in [-0.2, -0.15) is 0 Å². The number of carbonyl (C=O) groups excluding carboxylic acids is 2. The highest BCUT2D eigenvalue weighted by atomic mass is 16.6. The predicted octanol–water partition coefficient (Wildman–Crippen LogP) is 3.55. The summed E-state index contributed by atoms with van der Waals surface area (Å²) in [5.41, 5.74) is 1.14. The maximum Gasteiger partial charge on any atom is 0.418 e. The van der Waals surface area contributed by atoms with Crippen molar-refractivity contribution in [2.75, 3.05) is 11.4 Å². The fraction of sp³-hybridized carbons (Fsp3) is 0.412. The van der Waals surface area contributed by atoms with E-state index in [4.69, 9.17) is 4.74 Å². The summed E-state index contributed by atoms with van der Waals surface area (Å²) < 4.78 is 6.89. The van der Waals surface area contributed by atoms with Gasteiger partial charge in [-0.05, 0) is 51.5 Å². The number of nitrogens with zero attached hydrogens (tertiary/aromatic N) is 2. The van der Waals surface area contributed by atoms with Crippen LogP contribution in [0, 0.1) is 0 Å². The molecule has 1 fully saturated rings. The zero-order valence-corrected chi connectivity index (χ0v) is 13.1. The van der Waals surface area contributed by atoms with Gasteiger partial charge in [0, 0.05) is 30.2 Å². The van der Waals surface area contributed by atoms with E-state index in [1.165, 1.54) is 4.57 Å². The molecule has 2 aromatic rings. The second-order valence-electron chi connectivity index (χ2n) is 6.56. The Kier molecular flexibility index (Phi) is 3.43. The van der Waals surface area contributed by atoms with E-state index in [2.05, 4.69) is 0 Å². The highest BCUT2D eigenvalue weighted by molar-refractivity contribution is 5.98. The molecule has 0 atom stereocenters. The van der Waals surface area contributed by atoms with Gasteiger partial charge in [0.15, 0.2) is 0 Å². The largest absolute Gasteiger partial charge is 0.443 e. The molecule has 0 spiro atoms. The Balaban J connectivity index is 1.93. The summed E-state index contributed by atoms with van der Waals surface area (Å²) >= 11 is 0. The van der Waals surface area contributed by atoms with E-state index in [0.717, 1.165) is 29.6 Å². The molecule has 1 aromatic carbocycles. The minimum atomic E-state index is -0.532. The summed E-state index contributed by atoms with van der Waals surface area (Å²) in [6.07, 6.45) is 2.81. The number of rotatable bonds is 1. The number of fused-ring (bicyclic) bond motifs is 1. The van der Waals surface area contributed by atoms with E-state index in [9.17, 15) is 9.59 Å². The van der Waals surface area contributed by atoms with Crippen LogP contribution in [0.1, 0.15) is 33.6 Å². The van der Waals surface area contributed by atoms with Gasteiger partial charge in [0.25, 0.3) is 0 Å². The van der Waals surface area contributed by atoms with Crippen LogP contribution in [0.2, 0.25) is 0 Å². The minimum absolute atomic E-state index is 0.158. The highest BCUT2D eigenvalue weighted by Crippen LogP contribution is 2.27. The Morgan fingerprint density at radius 1 is 1.23 bits per heavy atom. The SMILES string of the molecule is CC(C)(C)OC(=O)n1ccc2cc(N3CCCC3=O)ccc21. The van der Waals surface area contributed by atoms with Crippen LogP contribution >= 0.6 is 0 Å². The minimum Gasteiger partial charge on any atom is -0.443 e. The molecular weight excluding hydrogens is 280 g/mol. The van der Waals surface area contributed by atoms with E-state index in [1.54, 1.807) is 11.1 Å². The fourth-order valence-electron chi connectivity index (χ4n) is 2.69. The Bertz CT molecular complexity index is 740. The van der Waals surface area contributed by atoms with E-state index >= 15 is 0 Å². The molecule has 5 heteroatoms. The maximum absolute atomic E-state index is 12.2. The Morgan fingerprint density at radius 2 is 2.00 bits per heavy atom. The van der Waals surface area contributed by atoms with Gasteiger partial charge in [-0.25, -0.2) is 4.79 Å². The first-order valence-electron chi connectivity index (χ1n) is 7.50. The third-order valence-electron chi connectivity index (χ3n) is 3.65. The highest BCUT2D eigenvalue weighted by Gasteiger charge is 2.23. The number of hydrogen-bond acceptors (Lipinski definition) is 3. The van der Waals surface area contributed by atoms with Crippen LogP contribution in [-0.2, 0) is 9.53 Å². The van der Waals surface area contributed by atoms with Crippen LogP contribution in [0.15, 0.2) is 30.5 Å². The van der Waals surface area contributed by atoms with Crippen LogP contribution in [0.3, 0.4) is 0 Å². The van der Waals surface area contributed by atoms with Crippen LogP contribution in [0.5, 0.6) is 0 Å². The van der Waals surface area contributed by atoms with Gasteiger partial charge in [-0.3, -0.25) is 9.36 Å². The van der Waals surface area contributed by atoms with E-state index < -0.39 is 11.7 Å². The fourth-order valence-corrected chi connectivity index (χ4v) is 2.69. The molecule has 0 bridgehead atoms. The molecule has 116 valence electrons. The van der Waals surface area contributed by atoms with Crippen molar-refractivity contribution < 1.29 is 14.3 Å². The number of carbonyl (C=O) groups is 2. The molecule has 22 heavy (non-hydrogen) atoms. The third kappa shape index (κ3) is 2.71. The Labute approximate surface area is 129 Å². The molecule has 0 radical (unpaired) electrons. The lowest BCUT2D eigenvalue weighted by molar-refractivity contribution is -0.117. The van der Waals surface area contributed by atoms with Gasteiger partial charge < -0.3 is 9.64 Å². The van der Waals surface area contributed by atoms with E-state index in [0.29, 0.717) is 6.42 Å². The van der Waals surface area contributed by atoms with Gasteiger partial charge in [0.2, 0.25) is 5.91 Å². The topological polar surface area (TPSA) is 51.5 Å². The zero-order valence-electron chi connectivity index (χ0n) is 13.1. The second kappa shape index (κ2) is 5.16. The molecule has 0 unspecified atom stereocenters. The molecule has 1 aliphatic rings. The van der Waals surface area contributed by atoms with Gasteiger partial charge in [-0.1, -0.05) is 0 Å². The Hall–Kier alpha value is -2.30. The first kappa shape index (κ1) is 14.6. The lowest BCUT2D eigenvalue weighted by Crippen LogP contribution is -2.26. The number of hydrogen-bond donors (Lipinski definition) is 0. The van der Waals surface area contributed by atoms with Gasteiger partial charge in [0.1, 0.15) is 5.60 Å². The lowest BCUT2D eigenvalue weighted by Gasteiger charge is -2.20. The van der Waals surface area contributed by atoms with Crippen molar-refractivity contribution in [3.63, 3.8) is 0 Å². The second-order valence-corrected chi connectivity index (χ2v) is 6.56. The Morgan fingerprint density at radius 3 is 2.64 bits per heavy atom. The molecule has 1 aromatic heterocycles. The molecule has 1 amide bonds. The molecule has 2 heterocycles. The van der Waals surface area contributed by atoms with Crippen molar-refractivity contribution in [1.82, 2.24) is 4.57 Å². The molecular formula is C17H20N2O3. The van der Waals surface area contributed by atoms with Crippen molar-refractivity contribution >= 4 is 28.6 Å². The molecule has 3 rings (SSSR count). The third-order valence-corrected chi connectivity index (χ3v) is 3.65. The standard InChI is InChI=1S/C17H20N2O3/c1-17(2,3)22-16(21)19-10-8-12-11-13(6-7-14(12)19)18-9-4-5-15(18)20/h6-8,10-11H,4-5,9H2,1-3H3. The molecule has 1 saturated heterocycles. The van der Waals surface area contributed by atoms with Crippen molar-refractivity contribution in [3.8, 4) is 0 Å². The summed E-state index contributed by atoms with van der Waals surface area (Å²) in [5.74, 6) is 0.158. The average molecular weight is 300 g/mol. The monoisotopic (exact) mass is 300 g/mol. The summed E-state index contributed by atoms with van der Waals surface area (Å²) in [7, 11) is 0. The lowest BCUT2D eigenvalue weighted by atomic mass is 10.2. The smallest absolute Gasteiger partial charge is 0.418 e.